The molecule has 0 saturated carbocycles. The summed E-state index contributed by atoms with van der Waals surface area (Å²) in [5.41, 5.74) is 5.81. The highest BCUT2D eigenvalue weighted by molar-refractivity contribution is 7.00. The number of anilines is 1. The molecule has 0 aromatic carbocycles. The van der Waals surface area contributed by atoms with E-state index in [9.17, 15) is 9.59 Å². The van der Waals surface area contributed by atoms with Crippen LogP contribution in [0.25, 0.3) is 22.3 Å². The standard InChI is InChI=1S/C21H23N9O2S/c1-3-4-10-29-16-18(24-20(29)28-9-5-6-13(22)11-28)27(2)21(32)30(19(16)31)12-14-7-8-15-17(23-14)26-33-25-15/h7-8,13H,5-6,9-12,22H2,1-2H3/p+1. The van der Waals surface area contributed by atoms with E-state index in [2.05, 4.69) is 36.2 Å². The Kier molecular flexibility index (Phi) is 5.43. The molecule has 12 heteroatoms. The molecular formula is C21H24N9O2S+. The molecule has 1 unspecified atom stereocenters. The monoisotopic (exact) mass is 466 g/mol. The highest BCUT2D eigenvalue weighted by Crippen LogP contribution is 2.22. The van der Waals surface area contributed by atoms with Gasteiger partial charge in [0.25, 0.3) is 5.56 Å². The highest BCUT2D eigenvalue weighted by atomic mass is 32.1. The lowest BCUT2D eigenvalue weighted by Gasteiger charge is -2.29. The van der Waals surface area contributed by atoms with Crippen molar-refractivity contribution in [2.75, 3.05) is 18.0 Å². The summed E-state index contributed by atoms with van der Waals surface area (Å²) in [4.78, 5) is 38.1. The van der Waals surface area contributed by atoms with Crippen LogP contribution in [0.4, 0.5) is 5.95 Å². The third-order valence-corrected chi connectivity index (χ3v) is 6.46. The Bertz CT molecular complexity index is 1530. The first-order valence-corrected chi connectivity index (χ1v) is 11.5. The SMILES string of the molecule is CC#CCn1c(N2CCCC([NH3+])C2)nc2c1c(=O)n(Cc1ccc3nsnc3n1)c(=O)n2C. The van der Waals surface area contributed by atoms with E-state index in [1.165, 1.54) is 9.13 Å². The Morgan fingerprint density at radius 2 is 2.06 bits per heavy atom. The first-order chi connectivity index (χ1) is 16.0. The van der Waals surface area contributed by atoms with Crippen LogP contribution in [0.5, 0.6) is 0 Å². The van der Waals surface area contributed by atoms with Gasteiger partial charge in [-0.1, -0.05) is 5.92 Å². The van der Waals surface area contributed by atoms with Crippen molar-refractivity contribution >= 4 is 40.0 Å². The van der Waals surface area contributed by atoms with Gasteiger partial charge in [0.2, 0.25) is 5.95 Å². The summed E-state index contributed by atoms with van der Waals surface area (Å²) >= 11 is 1.07. The predicted octanol–water partition coefficient (Wildman–Crippen LogP) is -0.421. The molecule has 0 amide bonds. The van der Waals surface area contributed by atoms with Crippen LogP contribution in [0.1, 0.15) is 25.5 Å². The molecule has 1 fully saturated rings. The van der Waals surface area contributed by atoms with Crippen LogP contribution in [0.3, 0.4) is 0 Å². The normalized spacial score (nSPS) is 16.3. The first-order valence-electron chi connectivity index (χ1n) is 10.7. The summed E-state index contributed by atoms with van der Waals surface area (Å²) in [7, 11) is 1.63. The molecule has 0 radical (unpaired) electrons. The van der Waals surface area contributed by atoms with E-state index in [4.69, 9.17) is 4.98 Å². The van der Waals surface area contributed by atoms with Gasteiger partial charge in [0.1, 0.15) is 11.6 Å². The van der Waals surface area contributed by atoms with Crippen LogP contribution in [0, 0.1) is 11.8 Å². The smallest absolute Gasteiger partial charge is 0.332 e. The lowest BCUT2D eigenvalue weighted by atomic mass is 10.1. The minimum absolute atomic E-state index is 0.0273. The molecule has 1 aliphatic heterocycles. The molecule has 11 nitrogen and oxygen atoms in total. The van der Waals surface area contributed by atoms with Crippen molar-refractivity contribution in [3.05, 3.63) is 38.7 Å². The number of fused-ring (bicyclic) bond motifs is 2. The number of rotatable bonds is 4. The van der Waals surface area contributed by atoms with E-state index in [1.807, 2.05) is 4.57 Å². The largest absolute Gasteiger partial charge is 0.354 e. The van der Waals surface area contributed by atoms with E-state index in [0.717, 1.165) is 37.7 Å². The van der Waals surface area contributed by atoms with E-state index in [0.29, 0.717) is 40.5 Å². The summed E-state index contributed by atoms with van der Waals surface area (Å²) in [6.45, 7) is 3.66. The maximum atomic E-state index is 13.6. The Hall–Kier alpha value is -3.56. The number of hydrogen-bond donors (Lipinski definition) is 1. The maximum absolute atomic E-state index is 13.6. The quantitative estimate of drug-likeness (QED) is 0.404. The van der Waals surface area contributed by atoms with Crippen molar-refractivity contribution in [1.29, 1.82) is 0 Å². The van der Waals surface area contributed by atoms with Gasteiger partial charge in [-0.2, -0.15) is 13.7 Å². The minimum Gasteiger partial charge on any atom is -0.354 e. The fourth-order valence-corrected chi connectivity index (χ4v) is 4.75. The topological polar surface area (TPSA) is 131 Å². The lowest BCUT2D eigenvalue weighted by Crippen LogP contribution is -2.67. The van der Waals surface area contributed by atoms with Gasteiger partial charge in [0.15, 0.2) is 16.8 Å². The van der Waals surface area contributed by atoms with Gasteiger partial charge in [-0.25, -0.2) is 9.78 Å². The van der Waals surface area contributed by atoms with E-state index < -0.39 is 11.2 Å². The lowest BCUT2D eigenvalue weighted by molar-refractivity contribution is -0.419. The minimum atomic E-state index is -0.447. The fourth-order valence-electron chi connectivity index (χ4n) is 4.27. The van der Waals surface area contributed by atoms with Gasteiger partial charge in [-0.3, -0.25) is 18.5 Å². The fraction of sp³-hybridized carbons (Fsp3) is 0.429. The van der Waals surface area contributed by atoms with Crippen molar-refractivity contribution in [3.63, 3.8) is 0 Å². The zero-order valence-corrected chi connectivity index (χ0v) is 19.3. The van der Waals surface area contributed by atoms with E-state index >= 15 is 0 Å². The second-order valence-electron chi connectivity index (χ2n) is 8.19. The Balaban J connectivity index is 1.68. The second kappa shape index (κ2) is 8.42. The second-order valence-corrected chi connectivity index (χ2v) is 8.72. The van der Waals surface area contributed by atoms with Gasteiger partial charge < -0.3 is 10.6 Å². The molecule has 0 spiro atoms. The molecule has 1 saturated heterocycles. The van der Waals surface area contributed by atoms with Crippen LogP contribution >= 0.6 is 11.7 Å². The number of quaternary nitrogens is 1. The maximum Gasteiger partial charge on any atom is 0.332 e. The van der Waals surface area contributed by atoms with Crippen molar-refractivity contribution < 1.29 is 5.73 Å². The summed E-state index contributed by atoms with van der Waals surface area (Å²) in [5.74, 6) is 6.60. The average molecular weight is 467 g/mol. The molecule has 5 rings (SSSR count). The number of hydrogen-bond acceptors (Lipinski definition) is 8. The first kappa shape index (κ1) is 21.3. The summed E-state index contributed by atoms with van der Waals surface area (Å²) < 4.78 is 12.7. The molecule has 0 aliphatic carbocycles. The molecule has 0 bridgehead atoms. The van der Waals surface area contributed by atoms with Crippen molar-refractivity contribution in [3.8, 4) is 11.8 Å². The summed E-state index contributed by atoms with van der Waals surface area (Å²) in [6.07, 6.45) is 2.06. The third kappa shape index (κ3) is 3.69. The number of nitrogens with zero attached hydrogens (tertiary/aromatic N) is 8. The molecule has 4 aromatic heterocycles. The summed E-state index contributed by atoms with van der Waals surface area (Å²) in [6, 6.07) is 3.83. The van der Waals surface area contributed by atoms with E-state index in [1.54, 1.807) is 26.1 Å². The van der Waals surface area contributed by atoms with Crippen LogP contribution in [0.15, 0.2) is 21.7 Å². The van der Waals surface area contributed by atoms with Gasteiger partial charge in [0, 0.05) is 20.0 Å². The van der Waals surface area contributed by atoms with Crippen molar-refractivity contribution in [1.82, 2.24) is 32.4 Å². The summed E-state index contributed by atoms with van der Waals surface area (Å²) in [5, 5.41) is 0. The Morgan fingerprint density at radius 3 is 2.85 bits per heavy atom. The molecule has 1 aliphatic rings. The third-order valence-electron chi connectivity index (χ3n) is 5.93. The van der Waals surface area contributed by atoms with Crippen LogP contribution in [-0.4, -0.2) is 51.5 Å². The molecule has 170 valence electrons. The van der Waals surface area contributed by atoms with Gasteiger partial charge >= 0.3 is 5.69 Å². The number of pyridine rings is 1. The number of piperidine rings is 1. The molecule has 4 aromatic rings. The zero-order chi connectivity index (χ0) is 23.1. The molecule has 5 heterocycles. The average Bonchev–Trinajstić information content (AvgIpc) is 3.43. The van der Waals surface area contributed by atoms with Crippen molar-refractivity contribution in [2.24, 2.45) is 7.05 Å². The molecule has 33 heavy (non-hydrogen) atoms. The van der Waals surface area contributed by atoms with Crippen LogP contribution < -0.4 is 21.9 Å². The Labute approximate surface area is 192 Å². The molecular weight excluding hydrogens is 442 g/mol. The highest BCUT2D eigenvalue weighted by Gasteiger charge is 2.27. The molecule has 1 atom stereocenters. The molecule has 3 N–H and O–H groups in total. The van der Waals surface area contributed by atoms with Crippen LogP contribution in [0.2, 0.25) is 0 Å². The van der Waals surface area contributed by atoms with Gasteiger partial charge in [-0.05, 0) is 25.5 Å². The number of imidazole rings is 1. The number of aromatic nitrogens is 7. The van der Waals surface area contributed by atoms with Crippen LogP contribution in [-0.2, 0) is 20.1 Å². The van der Waals surface area contributed by atoms with Crippen molar-refractivity contribution in [2.45, 2.75) is 38.9 Å². The van der Waals surface area contributed by atoms with Gasteiger partial charge in [-0.15, -0.1) is 5.92 Å². The zero-order valence-electron chi connectivity index (χ0n) is 18.5. The van der Waals surface area contributed by atoms with E-state index in [-0.39, 0.29) is 12.6 Å². The number of aryl methyl sites for hydroxylation is 1. The Morgan fingerprint density at radius 1 is 1.21 bits per heavy atom. The predicted molar refractivity (Wildman–Crippen MR) is 125 cm³/mol. The van der Waals surface area contributed by atoms with Gasteiger partial charge in [0.05, 0.1) is 37.1 Å².